The van der Waals surface area contributed by atoms with Gasteiger partial charge in [-0.25, -0.2) is 13.2 Å². The Bertz CT molecular complexity index is 496. The van der Waals surface area contributed by atoms with Crippen molar-refractivity contribution in [3.8, 4) is 0 Å². The Balaban J connectivity index is 1.68. The van der Waals surface area contributed by atoms with E-state index in [1.807, 2.05) is 0 Å². The number of alkyl halides is 2. The van der Waals surface area contributed by atoms with E-state index in [9.17, 15) is 26.5 Å². The van der Waals surface area contributed by atoms with Gasteiger partial charge in [0, 0.05) is 0 Å². The Hall–Kier alpha value is -0.840. The van der Waals surface area contributed by atoms with Crippen molar-refractivity contribution in [3.05, 3.63) is 0 Å². The van der Waals surface area contributed by atoms with Crippen LogP contribution in [0.3, 0.4) is 0 Å². The van der Waals surface area contributed by atoms with Crippen LogP contribution in [0.2, 0.25) is 0 Å². The third kappa shape index (κ3) is 4.58. The number of halogens is 2. The molecule has 0 aromatic carbocycles. The minimum atomic E-state index is -6.06. The molecule has 0 aromatic rings. The molecule has 128 valence electrons. The second kappa shape index (κ2) is 6.73. The fourth-order valence-electron chi connectivity index (χ4n) is 2.25. The van der Waals surface area contributed by atoms with Gasteiger partial charge in [0.1, 0.15) is 6.10 Å². The summed E-state index contributed by atoms with van der Waals surface area (Å²) in [4.78, 5) is 11.0. The maximum Gasteiger partial charge on any atom is 0.428 e. The number of ether oxygens (including phenoxy) is 3. The second-order valence-electron chi connectivity index (χ2n) is 5.50. The predicted octanol–water partition coefficient (Wildman–Crippen LogP) is 0.642. The third-order valence-electron chi connectivity index (χ3n) is 3.72. The molecule has 0 aromatic heterocycles. The highest BCUT2D eigenvalue weighted by atomic mass is 32.2. The molecule has 22 heavy (non-hydrogen) atoms. The van der Waals surface area contributed by atoms with Gasteiger partial charge in [-0.1, -0.05) is 0 Å². The van der Waals surface area contributed by atoms with E-state index in [4.69, 9.17) is 9.47 Å². The molecule has 1 atom stereocenters. The van der Waals surface area contributed by atoms with Crippen LogP contribution in [0.25, 0.3) is 0 Å². The van der Waals surface area contributed by atoms with Gasteiger partial charge < -0.3 is 18.8 Å². The van der Waals surface area contributed by atoms with Gasteiger partial charge in [-0.05, 0) is 31.6 Å². The molecular formula is C12H17F2O7S-. The van der Waals surface area contributed by atoms with E-state index >= 15 is 0 Å². The SMILES string of the molecule is O=C(OCC1CCC(OCC2CO2)CC1)C(F)(F)S(=O)(=O)[O-]. The molecule has 2 rings (SSSR count). The summed E-state index contributed by atoms with van der Waals surface area (Å²) in [6.07, 6.45) is 2.86. The zero-order valence-electron chi connectivity index (χ0n) is 11.7. The molecule has 0 N–H and O–H groups in total. The standard InChI is InChI=1S/C12H18F2O7S/c13-12(14,22(16,17)18)11(15)21-5-8-1-3-9(4-2-8)19-6-10-7-20-10/h8-10H,1-7H2,(H,16,17,18)/p-1. The molecule has 1 unspecified atom stereocenters. The van der Waals surface area contributed by atoms with Crippen molar-refractivity contribution >= 4 is 16.1 Å². The first-order chi connectivity index (χ1) is 10.2. The first-order valence-electron chi connectivity index (χ1n) is 6.94. The lowest BCUT2D eigenvalue weighted by molar-refractivity contribution is -0.163. The Morgan fingerprint density at radius 1 is 1.23 bits per heavy atom. The van der Waals surface area contributed by atoms with E-state index in [0.717, 1.165) is 0 Å². The summed E-state index contributed by atoms with van der Waals surface area (Å²) in [7, 11) is -6.06. The summed E-state index contributed by atoms with van der Waals surface area (Å²) in [5, 5.41) is -5.04. The minimum Gasteiger partial charge on any atom is -0.743 e. The normalized spacial score (nSPS) is 29.1. The maximum absolute atomic E-state index is 12.9. The zero-order chi connectivity index (χ0) is 16.4. The van der Waals surface area contributed by atoms with E-state index in [1.54, 1.807) is 0 Å². The van der Waals surface area contributed by atoms with Crippen molar-refractivity contribution in [1.82, 2.24) is 0 Å². The lowest BCUT2D eigenvalue weighted by Gasteiger charge is -2.28. The van der Waals surface area contributed by atoms with Crippen LogP contribution in [0.15, 0.2) is 0 Å². The van der Waals surface area contributed by atoms with Crippen molar-refractivity contribution in [3.63, 3.8) is 0 Å². The molecule has 0 amide bonds. The van der Waals surface area contributed by atoms with Crippen LogP contribution in [0.1, 0.15) is 25.7 Å². The minimum absolute atomic E-state index is 0.0691. The van der Waals surface area contributed by atoms with Crippen molar-refractivity contribution in [2.24, 2.45) is 5.92 Å². The molecular weight excluding hydrogens is 326 g/mol. The average Bonchev–Trinajstić information content (AvgIpc) is 3.26. The fraction of sp³-hybridized carbons (Fsp3) is 0.917. The predicted molar refractivity (Wildman–Crippen MR) is 67.0 cm³/mol. The number of carbonyl (C=O) groups excluding carboxylic acids is 1. The molecule has 0 radical (unpaired) electrons. The van der Waals surface area contributed by atoms with Crippen LogP contribution in [0.4, 0.5) is 8.78 Å². The van der Waals surface area contributed by atoms with E-state index in [2.05, 4.69) is 4.74 Å². The van der Waals surface area contributed by atoms with Crippen LogP contribution in [-0.2, 0) is 29.1 Å². The number of esters is 1. The molecule has 0 bridgehead atoms. The zero-order valence-corrected chi connectivity index (χ0v) is 12.5. The van der Waals surface area contributed by atoms with E-state index in [0.29, 0.717) is 38.9 Å². The molecule has 0 spiro atoms. The van der Waals surface area contributed by atoms with Gasteiger partial charge in [0.25, 0.3) is 0 Å². The first-order valence-corrected chi connectivity index (χ1v) is 8.34. The number of rotatable bonds is 7. The smallest absolute Gasteiger partial charge is 0.428 e. The van der Waals surface area contributed by atoms with Gasteiger partial charge in [0.2, 0.25) is 0 Å². The quantitative estimate of drug-likeness (QED) is 0.379. The summed E-state index contributed by atoms with van der Waals surface area (Å²) >= 11 is 0. The van der Waals surface area contributed by atoms with Crippen LogP contribution in [0, 0.1) is 5.92 Å². The van der Waals surface area contributed by atoms with Gasteiger partial charge >= 0.3 is 11.2 Å². The molecule has 2 fully saturated rings. The van der Waals surface area contributed by atoms with Gasteiger partial charge in [-0.3, -0.25) is 0 Å². The van der Waals surface area contributed by atoms with Crippen molar-refractivity contribution in [1.29, 1.82) is 0 Å². The first kappa shape index (κ1) is 17.5. The van der Waals surface area contributed by atoms with Gasteiger partial charge in [-0.15, -0.1) is 0 Å². The molecule has 2 aliphatic rings. The second-order valence-corrected chi connectivity index (χ2v) is 6.92. The van der Waals surface area contributed by atoms with Crippen LogP contribution >= 0.6 is 0 Å². The molecule has 10 heteroatoms. The van der Waals surface area contributed by atoms with Gasteiger partial charge in [-0.2, -0.15) is 8.78 Å². The number of epoxide rings is 1. The largest absolute Gasteiger partial charge is 0.743 e. The van der Waals surface area contributed by atoms with E-state index in [1.165, 1.54) is 0 Å². The molecule has 7 nitrogen and oxygen atoms in total. The Kier molecular flexibility index (Phi) is 5.36. The highest BCUT2D eigenvalue weighted by molar-refractivity contribution is 7.87. The summed E-state index contributed by atoms with van der Waals surface area (Å²) in [6.45, 7) is 0.919. The lowest BCUT2D eigenvalue weighted by Crippen LogP contribution is -2.40. The van der Waals surface area contributed by atoms with Crippen molar-refractivity contribution in [2.45, 2.75) is 43.1 Å². The highest BCUT2D eigenvalue weighted by Crippen LogP contribution is 2.28. The fourth-order valence-corrected chi connectivity index (χ4v) is 2.52. The van der Waals surface area contributed by atoms with Gasteiger partial charge in [0.05, 0.1) is 25.9 Å². The molecule has 1 heterocycles. The summed E-state index contributed by atoms with van der Waals surface area (Å²) in [6, 6.07) is 0. The molecule has 1 aliphatic carbocycles. The molecule has 1 saturated heterocycles. The van der Waals surface area contributed by atoms with Crippen LogP contribution < -0.4 is 0 Å². The van der Waals surface area contributed by atoms with Crippen LogP contribution in [0.5, 0.6) is 0 Å². The average molecular weight is 343 g/mol. The number of hydrogen-bond donors (Lipinski definition) is 0. The van der Waals surface area contributed by atoms with Crippen LogP contribution in [-0.4, -0.2) is 56.2 Å². The lowest BCUT2D eigenvalue weighted by atomic mass is 9.88. The Morgan fingerprint density at radius 3 is 2.32 bits per heavy atom. The summed E-state index contributed by atoms with van der Waals surface area (Å²) in [5.74, 6) is -2.46. The maximum atomic E-state index is 12.9. The summed E-state index contributed by atoms with van der Waals surface area (Å²) in [5.41, 5.74) is 0. The van der Waals surface area contributed by atoms with Crippen molar-refractivity contribution in [2.75, 3.05) is 19.8 Å². The highest BCUT2D eigenvalue weighted by Gasteiger charge is 2.48. The Morgan fingerprint density at radius 2 is 1.82 bits per heavy atom. The van der Waals surface area contributed by atoms with E-state index in [-0.39, 0.29) is 24.7 Å². The molecule has 1 saturated carbocycles. The van der Waals surface area contributed by atoms with E-state index < -0.39 is 21.3 Å². The number of hydrogen-bond acceptors (Lipinski definition) is 7. The topological polar surface area (TPSA) is 105 Å². The van der Waals surface area contributed by atoms with Crippen molar-refractivity contribution < 1.29 is 40.8 Å². The van der Waals surface area contributed by atoms with Gasteiger partial charge in [0.15, 0.2) is 10.1 Å². The number of carbonyl (C=O) groups is 1. The molecule has 1 aliphatic heterocycles. The Labute approximate surface area is 126 Å². The third-order valence-corrected chi connectivity index (χ3v) is 4.51. The summed E-state index contributed by atoms with van der Waals surface area (Å²) < 4.78 is 71.6. The monoisotopic (exact) mass is 343 g/mol.